The number of aliphatic hydroxyl groups excluding tert-OH is 1. The van der Waals surface area contributed by atoms with Gasteiger partial charge in [0, 0.05) is 30.3 Å². The third-order valence-electron chi connectivity index (χ3n) is 16.7. The molecule has 0 bridgehead atoms. The number of halogens is 1. The summed E-state index contributed by atoms with van der Waals surface area (Å²) in [6, 6.07) is 2.87. The summed E-state index contributed by atoms with van der Waals surface area (Å²) >= 11 is 0. The number of ether oxygens (including phenoxy) is 1. The number of esters is 1. The van der Waals surface area contributed by atoms with Crippen molar-refractivity contribution in [3.05, 3.63) is 41.1 Å². The van der Waals surface area contributed by atoms with Crippen LogP contribution >= 0.6 is 0 Å². The van der Waals surface area contributed by atoms with Crippen LogP contribution in [-0.4, -0.2) is 60.3 Å². The number of rotatable bonds is 10. The molecule has 4 saturated carbocycles. The standard InChI is InChI=1S/C45H64FN5O6/c1-25(2)34-29(52)22-45(36(54)38-50-49-37(51(38)21-20-47)28-12-10-26(46)24-48-28)19-18-43(8)27(35(34)45)11-13-31-42(7)16-15-32(57-33(53)23-40(3,4)39(55)56)41(5,6)30(42)14-17-44(31,43)9/h10,12,24-25,27,30-32,36,54H,11,13-23,47H2,1-9H3,(H,55,56)/t27-,30+,31-,32+,36?,42+,43-,44-,45-/m1/s1. The van der Waals surface area contributed by atoms with Gasteiger partial charge in [-0.1, -0.05) is 48.5 Å². The largest absolute Gasteiger partial charge is 0.481 e. The summed E-state index contributed by atoms with van der Waals surface area (Å²) in [5, 5.41) is 31.4. The normalized spacial score (nSPS) is 35.3. The van der Waals surface area contributed by atoms with Gasteiger partial charge in [0.05, 0.1) is 18.0 Å². The van der Waals surface area contributed by atoms with Gasteiger partial charge in [0.2, 0.25) is 0 Å². The monoisotopic (exact) mass is 789 g/mol. The lowest BCUT2D eigenvalue weighted by Gasteiger charge is -2.72. The predicted molar refractivity (Wildman–Crippen MR) is 213 cm³/mol. The van der Waals surface area contributed by atoms with Gasteiger partial charge in [-0.2, -0.15) is 0 Å². The van der Waals surface area contributed by atoms with Crippen LogP contribution in [0.5, 0.6) is 0 Å². The number of nitrogens with two attached hydrogens (primary N) is 1. The molecule has 2 aromatic heterocycles. The molecule has 2 heterocycles. The molecule has 0 spiro atoms. The van der Waals surface area contributed by atoms with Crippen LogP contribution < -0.4 is 5.73 Å². The number of carboxylic acid groups (broad SMARTS) is 1. The van der Waals surface area contributed by atoms with Crippen LogP contribution in [0.3, 0.4) is 0 Å². The number of carboxylic acids is 1. The second-order valence-corrected chi connectivity index (χ2v) is 20.6. The number of nitrogens with zero attached hydrogens (tertiary/aromatic N) is 4. The van der Waals surface area contributed by atoms with E-state index in [-0.39, 0.29) is 64.8 Å². The Bertz CT molecular complexity index is 1970. The van der Waals surface area contributed by atoms with Crippen molar-refractivity contribution in [2.24, 2.45) is 61.9 Å². The molecule has 9 atom stereocenters. The van der Waals surface area contributed by atoms with Crippen molar-refractivity contribution in [3.8, 4) is 11.5 Å². The summed E-state index contributed by atoms with van der Waals surface area (Å²) in [7, 11) is 0. The van der Waals surface area contributed by atoms with Gasteiger partial charge < -0.3 is 25.3 Å². The number of fused-ring (bicyclic) bond motifs is 7. The van der Waals surface area contributed by atoms with Gasteiger partial charge in [-0.3, -0.25) is 14.4 Å². The molecule has 0 aliphatic heterocycles. The lowest BCUT2D eigenvalue weighted by Crippen LogP contribution is -2.66. The van der Waals surface area contributed by atoms with E-state index in [4.69, 9.17) is 10.5 Å². The van der Waals surface area contributed by atoms with Gasteiger partial charge in [0.25, 0.3) is 0 Å². The van der Waals surface area contributed by atoms with Crippen molar-refractivity contribution in [2.45, 2.75) is 145 Å². The van der Waals surface area contributed by atoms with Crippen molar-refractivity contribution in [1.29, 1.82) is 0 Å². The lowest BCUT2D eigenvalue weighted by atomic mass is 9.33. The van der Waals surface area contributed by atoms with E-state index >= 15 is 0 Å². The number of ketones is 1. The highest BCUT2D eigenvalue weighted by atomic mass is 19.1. The van der Waals surface area contributed by atoms with Crippen molar-refractivity contribution in [3.63, 3.8) is 0 Å². The first kappa shape index (κ1) is 41.6. The Balaban J connectivity index is 1.22. The molecule has 312 valence electrons. The highest BCUT2D eigenvalue weighted by Crippen LogP contribution is 2.77. The Kier molecular flexibility index (Phi) is 10.3. The van der Waals surface area contributed by atoms with E-state index in [0.29, 0.717) is 42.1 Å². The van der Waals surface area contributed by atoms with Crippen molar-refractivity contribution in [2.75, 3.05) is 6.54 Å². The van der Waals surface area contributed by atoms with Gasteiger partial charge >= 0.3 is 11.9 Å². The zero-order valence-electron chi connectivity index (χ0n) is 35.5. The van der Waals surface area contributed by atoms with E-state index in [0.717, 1.165) is 62.3 Å². The van der Waals surface area contributed by atoms with E-state index in [1.54, 1.807) is 24.5 Å². The number of Topliss-reactive ketones (excluding diaryl/α,β-unsaturated/α-hetero) is 1. The van der Waals surface area contributed by atoms with Crippen LogP contribution in [0.25, 0.3) is 11.5 Å². The van der Waals surface area contributed by atoms with Gasteiger partial charge in [-0.05, 0) is 128 Å². The molecule has 12 heteroatoms. The highest BCUT2D eigenvalue weighted by molar-refractivity contribution is 6.00. The Morgan fingerprint density at radius 3 is 2.35 bits per heavy atom. The number of carbonyl (C=O) groups excluding carboxylic acids is 2. The van der Waals surface area contributed by atoms with Crippen LogP contribution in [0.2, 0.25) is 0 Å². The quantitative estimate of drug-likeness (QED) is 0.201. The molecule has 4 N–H and O–H groups in total. The molecule has 0 saturated heterocycles. The minimum Gasteiger partial charge on any atom is -0.481 e. The molecular weight excluding hydrogens is 726 g/mol. The summed E-state index contributed by atoms with van der Waals surface area (Å²) in [5.74, 6) is -0.251. The summed E-state index contributed by atoms with van der Waals surface area (Å²) in [6.45, 7) is 19.8. The van der Waals surface area contributed by atoms with Crippen molar-refractivity contribution < 1.29 is 33.7 Å². The van der Waals surface area contributed by atoms with Gasteiger partial charge in [-0.15, -0.1) is 10.2 Å². The molecule has 4 fully saturated rings. The van der Waals surface area contributed by atoms with E-state index in [2.05, 4.69) is 63.6 Å². The highest BCUT2D eigenvalue weighted by Gasteiger charge is 2.71. The number of aromatic nitrogens is 4. The fourth-order valence-corrected chi connectivity index (χ4v) is 13.6. The Morgan fingerprint density at radius 2 is 1.72 bits per heavy atom. The number of aliphatic carboxylic acids is 1. The maximum absolute atomic E-state index is 14.3. The van der Waals surface area contributed by atoms with E-state index in [1.165, 1.54) is 6.07 Å². The number of carbonyl (C=O) groups is 3. The average molecular weight is 790 g/mol. The first-order valence-electron chi connectivity index (χ1n) is 21.2. The maximum atomic E-state index is 14.3. The van der Waals surface area contributed by atoms with Gasteiger partial charge in [0.1, 0.15) is 23.7 Å². The molecular formula is C45H64FN5O6. The Hall–Kier alpha value is -3.51. The second kappa shape index (κ2) is 14.1. The number of allylic oxidation sites excluding steroid dienone is 1. The van der Waals surface area contributed by atoms with E-state index < -0.39 is 34.7 Å². The molecule has 11 nitrogen and oxygen atoms in total. The van der Waals surface area contributed by atoms with Crippen molar-refractivity contribution in [1.82, 2.24) is 19.7 Å². The number of aliphatic hydroxyl groups is 1. The summed E-state index contributed by atoms with van der Waals surface area (Å²) in [6.07, 6.45) is 6.84. The number of hydrogen-bond donors (Lipinski definition) is 3. The smallest absolute Gasteiger partial charge is 0.309 e. The van der Waals surface area contributed by atoms with Gasteiger partial charge in [-0.25, -0.2) is 9.37 Å². The molecule has 2 aromatic rings. The maximum Gasteiger partial charge on any atom is 0.309 e. The fraction of sp³-hybridized carbons (Fsp3) is 0.733. The molecule has 5 aliphatic carbocycles. The minimum absolute atomic E-state index is 0.00798. The molecule has 0 aromatic carbocycles. The molecule has 57 heavy (non-hydrogen) atoms. The van der Waals surface area contributed by atoms with Crippen LogP contribution in [0.4, 0.5) is 4.39 Å². The van der Waals surface area contributed by atoms with Crippen LogP contribution in [0.1, 0.15) is 138 Å². The van der Waals surface area contributed by atoms with Crippen LogP contribution in [0.15, 0.2) is 29.5 Å². The molecule has 0 radical (unpaired) electrons. The van der Waals surface area contributed by atoms with Gasteiger partial charge in [0.15, 0.2) is 17.4 Å². The summed E-state index contributed by atoms with van der Waals surface area (Å²) in [4.78, 5) is 43.5. The third-order valence-corrected chi connectivity index (χ3v) is 16.7. The minimum atomic E-state index is -1.19. The zero-order valence-corrected chi connectivity index (χ0v) is 35.5. The second-order valence-electron chi connectivity index (χ2n) is 20.6. The van der Waals surface area contributed by atoms with Crippen molar-refractivity contribution >= 4 is 17.7 Å². The molecule has 7 rings (SSSR count). The van der Waals surface area contributed by atoms with E-state index in [9.17, 15) is 29.0 Å². The molecule has 5 aliphatic rings. The summed E-state index contributed by atoms with van der Waals surface area (Å²) < 4.78 is 21.8. The van der Waals surface area contributed by atoms with Crippen LogP contribution in [0, 0.1) is 62.0 Å². The first-order chi connectivity index (χ1) is 26.6. The third kappa shape index (κ3) is 6.15. The first-order valence-corrected chi connectivity index (χ1v) is 21.2. The SMILES string of the molecule is CC(C)C1=C2[C@H]3CC[C@@H]4[C@@]5(C)CC[C@H](OC(=O)CC(C)(C)C(=O)O)C(C)(C)[C@@H]5CC[C@@]4(C)[C@]3(C)CC[C@@]2(C(O)c2nnc(-c3ccc(F)cn3)n2CCN)CC1=O. The number of pyridine rings is 1. The topological polar surface area (TPSA) is 171 Å². The summed E-state index contributed by atoms with van der Waals surface area (Å²) in [5.41, 5.74) is 5.99. The lowest BCUT2D eigenvalue weighted by molar-refractivity contribution is -0.235. The average Bonchev–Trinajstić information content (AvgIpc) is 3.68. The Labute approximate surface area is 336 Å². The Morgan fingerprint density at radius 1 is 1.00 bits per heavy atom. The van der Waals surface area contributed by atoms with Crippen LogP contribution in [-0.2, 0) is 25.7 Å². The zero-order chi connectivity index (χ0) is 41.7. The van der Waals surface area contributed by atoms with E-state index in [1.807, 2.05) is 0 Å². The molecule has 0 amide bonds. The predicted octanol–water partition coefficient (Wildman–Crippen LogP) is 7.86. The molecule has 1 unspecified atom stereocenters. The number of hydrogen-bond acceptors (Lipinski definition) is 9. The fourth-order valence-electron chi connectivity index (χ4n) is 13.6.